The van der Waals surface area contributed by atoms with Gasteiger partial charge >= 0.3 is 0 Å². The van der Waals surface area contributed by atoms with Gasteiger partial charge in [0.05, 0.1) is 37.4 Å². The van der Waals surface area contributed by atoms with Gasteiger partial charge in [-0.2, -0.15) is 16.8 Å². The second kappa shape index (κ2) is 28.3. The highest BCUT2D eigenvalue weighted by Gasteiger charge is 2.53. The van der Waals surface area contributed by atoms with E-state index in [1.165, 1.54) is 0 Å². The third-order valence-electron chi connectivity index (χ3n) is 14.4. The zero-order valence-corrected chi connectivity index (χ0v) is 48.3. The van der Waals surface area contributed by atoms with Crippen LogP contribution in [0.3, 0.4) is 0 Å². The van der Waals surface area contributed by atoms with Crippen LogP contribution in [0.5, 0.6) is 0 Å². The van der Waals surface area contributed by atoms with E-state index in [9.17, 15) is 22.4 Å². The summed E-state index contributed by atoms with van der Waals surface area (Å²) >= 11 is 0. The summed E-state index contributed by atoms with van der Waals surface area (Å²) < 4.78 is 103. The summed E-state index contributed by atoms with van der Waals surface area (Å²) in [6.45, 7) is 31.2. The van der Waals surface area contributed by atoms with Crippen molar-refractivity contribution in [2.45, 2.75) is 231 Å². The van der Waals surface area contributed by atoms with Gasteiger partial charge in [-0.3, -0.25) is 8.37 Å². The molecule has 0 aliphatic carbocycles. The van der Waals surface area contributed by atoms with Gasteiger partial charge in [0.25, 0.3) is 20.2 Å². The number of nitrogens with zero attached hydrogens (tertiary/aromatic N) is 3. The Bertz CT molecular complexity index is 1450. The summed E-state index contributed by atoms with van der Waals surface area (Å²) in [7, 11) is -21.2. The van der Waals surface area contributed by atoms with Crippen molar-refractivity contribution in [1.82, 2.24) is 0 Å². The van der Waals surface area contributed by atoms with Crippen LogP contribution in [0.4, 0.5) is 0 Å². The van der Waals surface area contributed by atoms with Crippen LogP contribution < -0.4 is 0 Å². The SMILES string of the molecule is CC[Si](CC)(CC)OC[C@H](N=[N+]=[N-])[C@@H](O[Si](CC)(CC)CC)[C@H](O[Si](CC)(CC)CC)[C@@H](OS(C)(=O)=O)[C@@H](O[Si](CC)(CC)CC)[C@H](COS(C)(=O)=O)O[Si](CC)(CC)CC. The molecule has 0 fully saturated rings. The van der Waals surface area contributed by atoms with E-state index in [1.807, 2.05) is 0 Å². The molecule has 0 unspecified atom stereocenters. The predicted octanol–water partition coefficient (Wildman–Crippen LogP) is 11.6. The normalized spacial score (nSPS) is 16.7. The molecule has 0 bridgehead atoms. The number of rotatable bonds is 37. The molecule has 0 N–H and O–H groups in total. The van der Waals surface area contributed by atoms with E-state index in [0.717, 1.165) is 66.9 Å². The van der Waals surface area contributed by atoms with Crippen LogP contribution in [0.2, 0.25) is 90.7 Å². The van der Waals surface area contributed by atoms with Gasteiger partial charge < -0.3 is 22.1 Å². The van der Waals surface area contributed by atoms with Crippen LogP contribution >= 0.6 is 0 Å². The minimum atomic E-state index is -4.29. The van der Waals surface area contributed by atoms with Gasteiger partial charge in [-0.1, -0.05) is 109 Å². The van der Waals surface area contributed by atoms with Crippen molar-refractivity contribution in [2.24, 2.45) is 5.11 Å². The molecule has 0 spiro atoms. The average molecular weight is 995 g/mol. The summed E-state index contributed by atoms with van der Waals surface area (Å²) in [5.74, 6) is 0. The van der Waals surface area contributed by atoms with Gasteiger partial charge in [-0.15, -0.1) is 0 Å². The number of azide groups is 1. The van der Waals surface area contributed by atoms with Crippen molar-refractivity contribution in [3.05, 3.63) is 10.4 Å². The minimum absolute atomic E-state index is 0.0558. The van der Waals surface area contributed by atoms with Crippen LogP contribution in [0.1, 0.15) is 104 Å². The van der Waals surface area contributed by atoms with Crippen molar-refractivity contribution < 1.29 is 47.3 Å². The first-order valence-electron chi connectivity index (χ1n) is 23.6. The molecular formula is C40H91N3O11S2Si5. The molecule has 0 aromatic rings. The molecule has 21 heteroatoms. The van der Waals surface area contributed by atoms with E-state index >= 15 is 0 Å². The van der Waals surface area contributed by atoms with E-state index in [-0.39, 0.29) is 6.61 Å². The highest BCUT2D eigenvalue weighted by Crippen LogP contribution is 2.39. The van der Waals surface area contributed by atoms with Crippen LogP contribution in [0.25, 0.3) is 10.4 Å². The van der Waals surface area contributed by atoms with Gasteiger partial charge in [0, 0.05) is 11.5 Å². The van der Waals surface area contributed by atoms with Crippen LogP contribution in [0, 0.1) is 0 Å². The lowest BCUT2D eigenvalue weighted by Gasteiger charge is -2.49. The smallest absolute Gasteiger partial charge is 0.264 e. The van der Waals surface area contributed by atoms with Crippen LogP contribution in [-0.2, 0) is 50.7 Å². The molecule has 0 saturated heterocycles. The minimum Gasteiger partial charge on any atom is -0.416 e. The molecular weight excluding hydrogens is 903 g/mol. The fraction of sp³-hybridized carbons (Fsp3) is 1.00. The lowest BCUT2D eigenvalue weighted by Crippen LogP contribution is -2.65. The summed E-state index contributed by atoms with van der Waals surface area (Å²) in [5, 5.41) is 4.46. The zero-order chi connectivity index (χ0) is 47.3. The third-order valence-corrected chi connectivity index (χ3v) is 38.8. The standard InChI is InChI=1S/C40H91N3O11S2Si5/c1-18-57(19-2,20-3)49-33-35(42-43-41)37(52-59(24-7,25-8)26-9)40(54-61(30-13,31-14)32-15)39(50-56(17,46)47)38(53-60(27-10,28-11)29-12)36(34-48-55(16,44)45)51-58(21-4,22-5)23-6/h35-40H,18-34H2,1-17H3/t35-,36-,37+,38-,39-,40-/m0/s1. The second-order valence-corrected chi connectivity index (χ2v) is 43.9. The molecule has 0 saturated carbocycles. The Morgan fingerprint density at radius 2 is 0.770 bits per heavy atom. The van der Waals surface area contributed by atoms with Crippen molar-refractivity contribution >= 4 is 61.8 Å². The van der Waals surface area contributed by atoms with E-state index in [4.69, 9.17) is 30.5 Å². The molecule has 6 atom stereocenters. The first kappa shape index (κ1) is 61.0. The lowest BCUT2D eigenvalue weighted by molar-refractivity contribution is -0.114. The number of hydrogen-bond donors (Lipinski definition) is 0. The Hall–Kier alpha value is 0.0144. The van der Waals surface area contributed by atoms with Gasteiger partial charge in [0.15, 0.2) is 41.6 Å². The Balaban J connectivity index is 9.23. The van der Waals surface area contributed by atoms with Crippen molar-refractivity contribution in [3.63, 3.8) is 0 Å². The molecule has 364 valence electrons. The van der Waals surface area contributed by atoms with Gasteiger partial charge in [-0.05, 0) is 96.2 Å². The topological polar surface area (TPSA) is 182 Å². The zero-order valence-electron chi connectivity index (χ0n) is 41.6. The monoisotopic (exact) mass is 993 g/mol. The van der Waals surface area contributed by atoms with Crippen LogP contribution in [-0.4, -0.2) is 121 Å². The first-order valence-corrected chi connectivity index (χ1v) is 39.9. The molecule has 0 rings (SSSR count). The van der Waals surface area contributed by atoms with E-state index < -0.39 is 105 Å². The largest absolute Gasteiger partial charge is 0.416 e. The number of hydrogen-bond acceptors (Lipinski definition) is 12. The highest BCUT2D eigenvalue weighted by atomic mass is 32.2. The molecule has 0 aromatic heterocycles. The van der Waals surface area contributed by atoms with Gasteiger partial charge in [0.1, 0.15) is 18.3 Å². The van der Waals surface area contributed by atoms with Crippen molar-refractivity contribution in [3.8, 4) is 0 Å². The Morgan fingerprint density at radius 1 is 0.443 bits per heavy atom. The summed E-state index contributed by atoms with van der Waals surface area (Å²) in [5.41, 5.74) is 10.3. The predicted molar refractivity (Wildman–Crippen MR) is 265 cm³/mol. The molecule has 61 heavy (non-hydrogen) atoms. The van der Waals surface area contributed by atoms with E-state index in [1.54, 1.807) is 0 Å². The van der Waals surface area contributed by atoms with Crippen LogP contribution in [0.15, 0.2) is 5.11 Å². The fourth-order valence-electron chi connectivity index (χ4n) is 8.69. The van der Waals surface area contributed by atoms with Crippen molar-refractivity contribution in [2.75, 3.05) is 25.7 Å². The van der Waals surface area contributed by atoms with E-state index in [0.29, 0.717) is 36.3 Å². The fourth-order valence-corrected chi connectivity index (χ4v) is 23.8. The Kier molecular flexibility index (Phi) is 28.3. The molecule has 0 radical (unpaired) electrons. The van der Waals surface area contributed by atoms with Crippen molar-refractivity contribution in [1.29, 1.82) is 0 Å². The molecule has 14 nitrogen and oxygen atoms in total. The molecule has 0 aromatic carbocycles. The maximum Gasteiger partial charge on any atom is 0.264 e. The maximum atomic E-state index is 13.9. The summed E-state index contributed by atoms with van der Waals surface area (Å²) in [6.07, 6.45) is -3.84. The third kappa shape index (κ3) is 18.3. The highest BCUT2D eigenvalue weighted by molar-refractivity contribution is 7.86. The van der Waals surface area contributed by atoms with E-state index in [2.05, 4.69) is 114 Å². The molecule has 0 heterocycles. The second-order valence-electron chi connectivity index (χ2n) is 17.0. The summed E-state index contributed by atoms with van der Waals surface area (Å²) in [4.78, 5) is 3.40. The molecule has 0 aliphatic heterocycles. The quantitative estimate of drug-likeness (QED) is 0.0190. The van der Waals surface area contributed by atoms with Gasteiger partial charge in [-0.25, -0.2) is 0 Å². The Labute approximate surface area is 379 Å². The lowest BCUT2D eigenvalue weighted by atomic mass is 9.96. The Morgan fingerprint density at radius 3 is 1.08 bits per heavy atom. The summed E-state index contributed by atoms with van der Waals surface area (Å²) in [6, 6.07) is 10.4. The molecule has 0 amide bonds. The average Bonchev–Trinajstić information content (AvgIpc) is 3.25. The molecule has 0 aliphatic rings. The first-order chi connectivity index (χ1) is 28.5. The maximum absolute atomic E-state index is 13.9. The van der Waals surface area contributed by atoms with Gasteiger partial charge in [0.2, 0.25) is 0 Å².